The number of carbonyl (C=O) groups is 2. The highest BCUT2D eigenvalue weighted by molar-refractivity contribution is 8.26. The molecule has 0 radical (unpaired) electrons. The van der Waals surface area contributed by atoms with Crippen molar-refractivity contribution in [3.63, 3.8) is 0 Å². The van der Waals surface area contributed by atoms with Crippen molar-refractivity contribution < 1.29 is 23.8 Å². The molecule has 0 bridgehead atoms. The van der Waals surface area contributed by atoms with E-state index in [1.54, 1.807) is 30.2 Å². The topological polar surface area (TPSA) is 77.1 Å². The summed E-state index contributed by atoms with van der Waals surface area (Å²) < 4.78 is 17.1. The number of methoxy groups -OCH3 is 1. The van der Waals surface area contributed by atoms with Crippen LogP contribution >= 0.6 is 24.0 Å². The minimum absolute atomic E-state index is 0.113. The molecule has 1 saturated heterocycles. The van der Waals surface area contributed by atoms with Gasteiger partial charge in [0.05, 0.1) is 11.5 Å². The minimum atomic E-state index is -0.258. The van der Waals surface area contributed by atoms with E-state index in [0.717, 1.165) is 22.4 Å². The summed E-state index contributed by atoms with van der Waals surface area (Å²) in [5.74, 6) is 0.577. The number of anilines is 1. The van der Waals surface area contributed by atoms with Gasteiger partial charge in [-0.2, -0.15) is 0 Å². The summed E-state index contributed by atoms with van der Waals surface area (Å²) in [4.78, 5) is 27.4. The zero-order valence-electron chi connectivity index (χ0n) is 20.4. The SMILES string of the molecule is CCOc1cc(/C=C2\SC(=S)N(CCCOC)C2=O)ccc1OCC(=O)Nc1c(C)cccc1C. The van der Waals surface area contributed by atoms with Gasteiger partial charge in [-0.3, -0.25) is 14.5 Å². The summed E-state index contributed by atoms with van der Waals surface area (Å²) >= 11 is 6.65. The van der Waals surface area contributed by atoms with E-state index in [1.807, 2.05) is 45.0 Å². The van der Waals surface area contributed by atoms with Gasteiger partial charge in [-0.15, -0.1) is 0 Å². The molecule has 2 aromatic carbocycles. The number of rotatable bonds is 11. The summed E-state index contributed by atoms with van der Waals surface area (Å²) in [5.41, 5.74) is 3.54. The summed E-state index contributed by atoms with van der Waals surface area (Å²) in [6, 6.07) is 11.2. The van der Waals surface area contributed by atoms with Crippen molar-refractivity contribution in [2.24, 2.45) is 0 Å². The van der Waals surface area contributed by atoms with Crippen molar-refractivity contribution in [2.45, 2.75) is 27.2 Å². The molecule has 0 spiro atoms. The molecule has 1 aliphatic heterocycles. The zero-order valence-corrected chi connectivity index (χ0v) is 22.0. The first-order valence-corrected chi connectivity index (χ1v) is 12.6. The number of aryl methyl sites for hydroxylation is 2. The molecule has 1 aliphatic rings. The lowest BCUT2D eigenvalue weighted by Crippen LogP contribution is -2.29. The van der Waals surface area contributed by atoms with Crippen LogP contribution in [0.15, 0.2) is 41.3 Å². The first-order valence-electron chi connectivity index (χ1n) is 11.3. The molecule has 0 atom stereocenters. The van der Waals surface area contributed by atoms with E-state index in [4.69, 9.17) is 26.4 Å². The number of nitrogens with zero attached hydrogens (tertiary/aromatic N) is 1. The minimum Gasteiger partial charge on any atom is -0.490 e. The number of benzene rings is 2. The third kappa shape index (κ3) is 7.06. The first-order chi connectivity index (χ1) is 16.8. The maximum atomic E-state index is 12.8. The molecule has 0 unspecified atom stereocenters. The molecule has 0 aliphatic carbocycles. The van der Waals surface area contributed by atoms with Crippen LogP contribution in [0.4, 0.5) is 5.69 Å². The highest BCUT2D eigenvalue weighted by Crippen LogP contribution is 2.35. The van der Waals surface area contributed by atoms with Crippen LogP contribution in [-0.2, 0) is 14.3 Å². The lowest BCUT2D eigenvalue weighted by atomic mass is 10.1. The van der Waals surface area contributed by atoms with Gasteiger partial charge in [-0.25, -0.2) is 0 Å². The van der Waals surface area contributed by atoms with Gasteiger partial charge in [0.1, 0.15) is 4.32 Å². The van der Waals surface area contributed by atoms with E-state index in [2.05, 4.69) is 5.32 Å². The number of thioether (sulfide) groups is 1. The summed E-state index contributed by atoms with van der Waals surface area (Å²) in [6.45, 7) is 7.12. The lowest BCUT2D eigenvalue weighted by Gasteiger charge is -2.14. The van der Waals surface area contributed by atoms with Crippen molar-refractivity contribution in [1.29, 1.82) is 0 Å². The average molecular weight is 515 g/mol. The number of thiocarbonyl (C=S) groups is 1. The van der Waals surface area contributed by atoms with Crippen LogP contribution in [0.3, 0.4) is 0 Å². The van der Waals surface area contributed by atoms with E-state index in [-0.39, 0.29) is 18.4 Å². The van der Waals surface area contributed by atoms with Gasteiger partial charge < -0.3 is 19.5 Å². The molecular weight excluding hydrogens is 484 g/mol. The Morgan fingerprint density at radius 2 is 1.89 bits per heavy atom. The molecule has 2 amide bonds. The van der Waals surface area contributed by atoms with Crippen molar-refractivity contribution in [1.82, 2.24) is 4.90 Å². The van der Waals surface area contributed by atoms with Crippen LogP contribution in [-0.4, -0.2) is 54.5 Å². The first kappa shape index (κ1) is 26.7. The quantitative estimate of drug-likeness (QED) is 0.258. The Morgan fingerprint density at radius 3 is 2.57 bits per heavy atom. The lowest BCUT2D eigenvalue weighted by molar-refractivity contribution is -0.122. The predicted octanol–water partition coefficient (Wildman–Crippen LogP) is 4.96. The van der Waals surface area contributed by atoms with Crippen LogP contribution in [0.1, 0.15) is 30.0 Å². The van der Waals surface area contributed by atoms with Crippen LogP contribution < -0.4 is 14.8 Å². The fourth-order valence-corrected chi connectivity index (χ4v) is 4.85. The largest absolute Gasteiger partial charge is 0.490 e. The summed E-state index contributed by atoms with van der Waals surface area (Å²) in [5, 5.41) is 2.91. The molecule has 1 N–H and O–H groups in total. The second-order valence-electron chi connectivity index (χ2n) is 7.92. The van der Waals surface area contributed by atoms with Crippen molar-refractivity contribution in [3.05, 3.63) is 58.0 Å². The number of para-hydroxylation sites is 1. The van der Waals surface area contributed by atoms with Crippen molar-refractivity contribution >= 4 is 51.9 Å². The highest BCUT2D eigenvalue weighted by Gasteiger charge is 2.31. The molecule has 1 heterocycles. The van der Waals surface area contributed by atoms with Crippen molar-refractivity contribution in [2.75, 3.05) is 38.8 Å². The van der Waals surface area contributed by atoms with Gasteiger partial charge in [-0.1, -0.05) is 48.2 Å². The number of ether oxygens (including phenoxy) is 3. The van der Waals surface area contributed by atoms with Crippen LogP contribution in [0.5, 0.6) is 11.5 Å². The van der Waals surface area contributed by atoms with E-state index in [0.29, 0.717) is 46.9 Å². The average Bonchev–Trinajstić information content (AvgIpc) is 3.08. The standard InChI is InChI=1S/C26H30N2O5S2/c1-5-32-21-14-19(15-22-25(30)28(26(34)35-22)12-7-13-31-4)10-11-20(21)33-16-23(29)27-24-17(2)8-6-9-18(24)3/h6,8-11,14-15H,5,7,12-13,16H2,1-4H3,(H,27,29)/b22-15-. The van der Waals surface area contributed by atoms with Crippen LogP contribution in [0.25, 0.3) is 6.08 Å². The summed E-state index contributed by atoms with van der Waals surface area (Å²) in [7, 11) is 1.63. The molecular formula is C26H30N2O5S2. The second kappa shape index (κ2) is 12.7. The predicted molar refractivity (Wildman–Crippen MR) is 144 cm³/mol. The molecule has 0 aromatic heterocycles. The fourth-order valence-electron chi connectivity index (χ4n) is 3.54. The molecule has 35 heavy (non-hydrogen) atoms. The van der Waals surface area contributed by atoms with Gasteiger partial charge in [0.2, 0.25) is 0 Å². The smallest absolute Gasteiger partial charge is 0.266 e. The highest BCUT2D eigenvalue weighted by atomic mass is 32.2. The molecule has 9 heteroatoms. The van der Waals surface area contributed by atoms with Gasteiger partial charge in [0.15, 0.2) is 18.1 Å². The van der Waals surface area contributed by atoms with E-state index < -0.39 is 0 Å². The number of carbonyl (C=O) groups excluding carboxylic acids is 2. The number of amides is 2. The Hall–Kier alpha value is -2.88. The van der Waals surface area contributed by atoms with Crippen LogP contribution in [0, 0.1) is 13.8 Å². The number of hydrogen-bond acceptors (Lipinski definition) is 7. The Kier molecular flexibility index (Phi) is 9.71. The molecule has 3 rings (SSSR count). The van der Waals surface area contributed by atoms with E-state index in [9.17, 15) is 9.59 Å². The number of hydrogen-bond donors (Lipinski definition) is 1. The van der Waals surface area contributed by atoms with Crippen molar-refractivity contribution in [3.8, 4) is 11.5 Å². The van der Waals surface area contributed by atoms with Gasteiger partial charge in [0, 0.05) is 25.9 Å². The zero-order chi connectivity index (χ0) is 25.4. The second-order valence-corrected chi connectivity index (χ2v) is 9.60. The molecule has 1 fully saturated rings. The summed E-state index contributed by atoms with van der Waals surface area (Å²) in [6.07, 6.45) is 2.50. The maximum Gasteiger partial charge on any atom is 0.266 e. The molecule has 0 saturated carbocycles. The molecule has 7 nitrogen and oxygen atoms in total. The van der Waals surface area contributed by atoms with E-state index >= 15 is 0 Å². The van der Waals surface area contributed by atoms with Gasteiger partial charge >= 0.3 is 0 Å². The fraction of sp³-hybridized carbons (Fsp3) is 0.346. The molecule has 2 aromatic rings. The Balaban J connectivity index is 1.69. The monoisotopic (exact) mass is 514 g/mol. The number of nitrogens with one attached hydrogen (secondary N) is 1. The molecule has 186 valence electrons. The maximum absolute atomic E-state index is 12.8. The van der Waals surface area contributed by atoms with E-state index in [1.165, 1.54) is 11.8 Å². The third-order valence-corrected chi connectivity index (χ3v) is 6.65. The Labute approximate surface area is 215 Å². The normalized spacial score (nSPS) is 14.5. The Morgan fingerprint density at radius 1 is 1.14 bits per heavy atom. The third-order valence-electron chi connectivity index (χ3n) is 5.27. The van der Waals surface area contributed by atoms with Crippen LogP contribution in [0.2, 0.25) is 0 Å². The Bertz CT molecular complexity index is 1110. The van der Waals surface area contributed by atoms with Gasteiger partial charge in [0.25, 0.3) is 11.8 Å². The van der Waals surface area contributed by atoms with Gasteiger partial charge in [-0.05, 0) is 62.1 Å².